The first-order valence-corrected chi connectivity index (χ1v) is 67.1. The van der Waals surface area contributed by atoms with E-state index in [4.69, 9.17) is 4.74 Å². The molecule has 0 saturated heterocycles. The van der Waals surface area contributed by atoms with Crippen LogP contribution in [-0.2, 0) is 47.9 Å². The maximum Gasteiger partial charge on any atom is 0.248 e. The Labute approximate surface area is 925 Å². The first-order valence-electron chi connectivity index (χ1n) is 67.1. The number of Topliss-reactive ketones (excluding diaryl/α,β-unsaturated/α-hetero) is 3. The second kappa shape index (κ2) is 85.6. The smallest absolute Gasteiger partial charge is 0.248 e. The highest BCUT2D eigenvalue weighted by molar-refractivity contribution is 6.10. The molecule has 0 N–H and O–H groups in total. The van der Waals surface area contributed by atoms with E-state index in [-0.39, 0.29) is 83.0 Å². The van der Waals surface area contributed by atoms with Crippen LogP contribution in [0.15, 0.2) is 36.1 Å². The molecule has 0 aromatic carbocycles. The minimum atomic E-state index is -0.599. The molecule has 1 heterocycles. The van der Waals surface area contributed by atoms with E-state index in [9.17, 15) is 43.2 Å². The summed E-state index contributed by atoms with van der Waals surface area (Å²) in [4.78, 5) is 124. The molecule has 0 spiro atoms. The van der Waals surface area contributed by atoms with Gasteiger partial charge in [-0.25, -0.2) is 0 Å². The van der Waals surface area contributed by atoms with Crippen molar-refractivity contribution in [1.29, 1.82) is 0 Å². The number of allylic oxidation sites excluding steroid dienone is 4. The van der Waals surface area contributed by atoms with Crippen LogP contribution < -0.4 is 0 Å². The van der Waals surface area contributed by atoms with E-state index < -0.39 is 6.04 Å². The molecule has 1 aliphatic heterocycles. The van der Waals surface area contributed by atoms with Crippen LogP contribution >= 0.6 is 0 Å². The van der Waals surface area contributed by atoms with Crippen LogP contribution in [0.5, 0.6) is 0 Å². The van der Waals surface area contributed by atoms with E-state index in [1.165, 1.54) is 481 Å². The summed E-state index contributed by atoms with van der Waals surface area (Å²) >= 11 is 0. The standard InChI is InChI=1S/C137H241N3O10/c1-9-15-21-27-50-68-87-124-114(78-59-24-18-12-4)94-97-117(81-62-44-36-37-49-65-84-120-106-123(143)100-101-132(120)144)127(124)90-71-53-34-30-32-47-67-86-122-108-136(148)131(110-134(122)146)140(113(8)142)104-76-58-43-40-55-73-92-129-119(99-96-116(80-61-26-20-14-6)126(129)89-70-52-29-23-17-11-3)83-64-46-39-42-57-75-103-139(112(7)141)130-109-133(145)121(107-135(130)147)85-66-48-33-31-35-54-72-91-128-118(82-63-45-38-41-56-74-102-138-111-150-105-77-93-137(138)149)98-95-115(79-60-25-19-13-5)125(128)88-69-51-28-22-16-10-2/h77,93,100-101,110,114-122,124-130H,9-76,78-92,94-99,102-109,111H2,1-8H3. The summed E-state index contributed by atoms with van der Waals surface area (Å²) in [6.07, 6.45) is 124. The Kier molecular flexibility index (Phi) is 75.6. The third-order valence-corrected chi connectivity index (χ3v) is 39.0. The lowest BCUT2D eigenvalue weighted by atomic mass is 9.61. The molecule has 7 rings (SSSR count). The highest BCUT2D eigenvalue weighted by atomic mass is 16.5. The third-order valence-electron chi connectivity index (χ3n) is 39.0. The van der Waals surface area contributed by atoms with Crippen LogP contribution in [0.2, 0.25) is 0 Å². The van der Waals surface area contributed by atoms with Crippen molar-refractivity contribution in [2.75, 3.05) is 33.0 Å². The predicted octanol–water partition coefficient (Wildman–Crippen LogP) is 39.0. The van der Waals surface area contributed by atoms with Gasteiger partial charge in [-0.15, -0.1) is 0 Å². The van der Waals surface area contributed by atoms with Gasteiger partial charge in [-0.3, -0.25) is 43.2 Å². The third kappa shape index (κ3) is 55.4. The Morgan fingerprint density at radius 1 is 0.280 bits per heavy atom. The van der Waals surface area contributed by atoms with Crippen LogP contribution in [0, 0.1) is 88.8 Å². The number of unbranched alkanes of at least 4 members (excludes halogenated alkanes) is 56. The van der Waals surface area contributed by atoms with Gasteiger partial charge < -0.3 is 19.4 Å². The summed E-state index contributed by atoms with van der Waals surface area (Å²) in [5, 5.41) is 0. The highest BCUT2D eigenvalue weighted by Gasteiger charge is 2.44. The maximum absolute atomic E-state index is 14.0. The fourth-order valence-corrected chi connectivity index (χ4v) is 29.9. The number of ketones is 6. The average Bonchev–Trinajstić information content (AvgIpc) is 0.894. The van der Waals surface area contributed by atoms with Gasteiger partial charge in [0, 0.05) is 89.1 Å². The number of nitrogens with zero attached hydrogens (tertiary/aromatic N) is 3. The Balaban J connectivity index is 0.786. The van der Waals surface area contributed by atoms with Gasteiger partial charge in [-0.05, 0) is 199 Å². The molecule has 13 heteroatoms. The van der Waals surface area contributed by atoms with Gasteiger partial charge in [0.25, 0.3) is 0 Å². The molecule has 16 atom stereocenters. The Bertz CT molecular complexity index is 3600. The van der Waals surface area contributed by atoms with Crippen LogP contribution in [0.1, 0.15) is 653 Å². The monoisotopic (exact) mass is 2090 g/mol. The molecule has 4 fully saturated rings. The molecule has 150 heavy (non-hydrogen) atoms. The van der Waals surface area contributed by atoms with Gasteiger partial charge in [0.2, 0.25) is 17.7 Å². The minimum absolute atomic E-state index is 0.0318. The van der Waals surface area contributed by atoms with Crippen molar-refractivity contribution in [3.8, 4) is 0 Å². The number of amides is 3. The Morgan fingerprint density at radius 2 is 0.567 bits per heavy atom. The first kappa shape index (κ1) is 132. The number of ether oxygens (including phenoxy) is 1. The number of carbonyl (C=O) groups is 9. The molecule has 13 nitrogen and oxygen atoms in total. The van der Waals surface area contributed by atoms with Gasteiger partial charge in [0.1, 0.15) is 12.5 Å². The zero-order valence-corrected chi connectivity index (χ0v) is 99.8. The molecule has 0 aromatic heterocycles. The summed E-state index contributed by atoms with van der Waals surface area (Å²) in [5.74, 6) is 10.3. The van der Waals surface area contributed by atoms with Gasteiger partial charge in [-0.2, -0.15) is 0 Å². The number of hydrogen-bond donors (Lipinski definition) is 0. The second-order valence-electron chi connectivity index (χ2n) is 50.8. The molecule has 7 aliphatic rings. The molecule has 0 bridgehead atoms. The van der Waals surface area contributed by atoms with E-state index in [0.717, 1.165) is 180 Å². The van der Waals surface area contributed by atoms with Gasteiger partial charge >= 0.3 is 0 Å². The van der Waals surface area contributed by atoms with Crippen LogP contribution in [0.4, 0.5) is 0 Å². The molecule has 0 radical (unpaired) electrons. The summed E-state index contributed by atoms with van der Waals surface area (Å²) in [6, 6.07) is -0.599. The van der Waals surface area contributed by atoms with Crippen molar-refractivity contribution in [2.24, 2.45) is 88.8 Å². The van der Waals surface area contributed by atoms with Crippen LogP contribution in [0.3, 0.4) is 0 Å². The summed E-state index contributed by atoms with van der Waals surface area (Å²) in [5.41, 5.74) is 0.330. The highest BCUT2D eigenvalue weighted by Crippen LogP contribution is 2.52. The Hall–Kier alpha value is -4.39. The van der Waals surface area contributed by atoms with E-state index in [2.05, 4.69) is 41.5 Å². The number of rotatable bonds is 94. The lowest BCUT2D eigenvalue weighted by molar-refractivity contribution is -0.144. The van der Waals surface area contributed by atoms with Crippen LogP contribution in [-0.4, -0.2) is 106 Å². The Morgan fingerprint density at radius 3 is 0.900 bits per heavy atom. The summed E-state index contributed by atoms with van der Waals surface area (Å²) in [6.45, 7) is 20.0. The van der Waals surface area contributed by atoms with E-state index in [0.29, 0.717) is 45.0 Å². The fourth-order valence-electron chi connectivity index (χ4n) is 29.9. The van der Waals surface area contributed by atoms with E-state index in [1.54, 1.807) is 35.8 Å². The van der Waals surface area contributed by atoms with Crippen molar-refractivity contribution in [1.82, 2.24) is 14.7 Å². The lowest BCUT2D eigenvalue weighted by Gasteiger charge is -2.44. The van der Waals surface area contributed by atoms with Crippen molar-refractivity contribution >= 4 is 52.4 Å². The number of hydrogen-bond acceptors (Lipinski definition) is 10. The lowest BCUT2D eigenvalue weighted by Crippen LogP contribution is -2.50. The molecule has 4 saturated carbocycles. The summed E-state index contributed by atoms with van der Waals surface area (Å²) < 4.78 is 5.59. The topological polar surface area (TPSA) is 173 Å². The van der Waals surface area contributed by atoms with E-state index >= 15 is 0 Å². The quantitative estimate of drug-likeness (QED) is 0.0533. The maximum atomic E-state index is 14.0. The molecule has 0 aromatic rings. The van der Waals surface area contributed by atoms with Crippen LogP contribution in [0.25, 0.3) is 0 Å². The SMILES string of the molecule is CCCCCCCCC1C(CCCCCC)CCC(CCCCCCCCC2CC(=O)C=CC2=O)C1CCCCCCCCCC1CC(=O)C(N(CCCCCCCCC2C(CCCCCCCCN(C(C)=O)C3CC(=O)C(CCCCCCCCCC4C(CCCCCCCCN5COCC=CC5=O)CCC(CCCCCC)C4CCCCCCCC)CC3=O)CCC(CCCCCC)C2CCCCCCCC)C(C)=O)=CC1=O. The molecule has 864 valence electrons. The average molecular weight is 2090 g/mol. The minimum Gasteiger partial charge on any atom is -0.357 e. The molecule has 6 aliphatic carbocycles. The fraction of sp³-hybridized carbons (Fsp3) is 0.891. The largest absolute Gasteiger partial charge is 0.357 e. The van der Waals surface area contributed by atoms with Crippen molar-refractivity contribution in [3.05, 3.63) is 36.1 Å². The molecule has 16 unspecified atom stereocenters. The normalized spacial score (nSPS) is 23.9. The molecule has 3 amide bonds. The van der Waals surface area contributed by atoms with Gasteiger partial charge in [0.05, 0.1) is 18.3 Å². The van der Waals surface area contributed by atoms with Gasteiger partial charge in [0.15, 0.2) is 28.9 Å². The number of carbonyl (C=O) groups excluding carboxylic acids is 9. The van der Waals surface area contributed by atoms with Crippen molar-refractivity contribution in [3.63, 3.8) is 0 Å². The summed E-state index contributed by atoms with van der Waals surface area (Å²) in [7, 11) is 0. The zero-order chi connectivity index (χ0) is 107. The molecular formula is C137H241N3O10. The van der Waals surface area contributed by atoms with E-state index in [1.807, 2.05) is 11.0 Å². The van der Waals surface area contributed by atoms with Gasteiger partial charge in [-0.1, -0.05) is 503 Å². The van der Waals surface area contributed by atoms with Crippen molar-refractivity contribution in [2.45, 2.75) is 659 Å². The zero-order valence-electron chi connectivity index (χ0n) is 99.8. The van der Waals surface area contributed by atoms with Crippen molar-refractivity contribution < 1.29 is 47.9 Å². The predicted molar refractivity (Wildman–Crippen MR) is 633 cm³/mol. The first-order chi connectivity index (χ1) is 73.4. The molecular weight excluding hydrogens is 1850 g/mol. The second-order valence-corrected chi connectivity index (χ2v) is 50.8.